The fraction of sp³-hybridized carbons (Fsp3) is 0.333. The number of imidazole rings is 1. The summed E-state index contributed by atoms with van der Waals surface area (Å²) in [5.74, 6) is 1.09. The maximum atomic E-state index is 13.0. The second-order valence-corrected chi connectivity index (χ2v) is 6.48. The van der Waals surface area contributed by atoms with Gasteiger partial charge >= 0.3 is 0 Å². The van der Waals surface area contributed by atoms with Gasteiger partial charge in [-0.15, -0.1) is 24.0 Å². The van der Waals surface area contributed by atoms with Crippen molar-refractivity contribution in [1.29, 1.82) is 0 Å². The van der Waals surface area contributed by atoms with Crippen molar-refractivity contribution in [3.8, 4) is 5.75 Å². The van der Waals surface area contributed by atoms with E-state index in [1.807, 2.05) is 48.8 Å². The highest BCUT2D eigenvalue weighted by atomic mass is 127. The van der Waals surface area contributed by atoms with Crippen molar-refractivity contribution in [3.63, 3.8) is 0 Å². The first-order valence-electron chi connectivity index (χ1n) is 9.51. The van der Waals surface area contributed by atoms with Crippen molar-refractivity contribution in [2.45, 2.75) is 26.4 Å². The van der Waals surface area contributed by atoms with Crippen LogP contribution in [0.1, 0.15) is 19.5 Å². The van der Waals surface area contributed by atoms with Crippen molar-refractivity contribution in [2.75, 3.05) is 19.6 Å². The third-order valence-corrected chi connectivity index (χ3v) is 4.09. The number of benzene rings is 1. The summed E-state index contributed by atoms with van der Waals surface area (Å²) >= 11 is 0. The molecule has 0 aliphatic heterocycles. The molecule has 1 unspecified atom stereocenters. The molecular formula is C21H27FIN5O. The minimum Gasteiger partial charge on any atom is -0.489 e. The maximum Gasteiger partial charge on any atom is 0.191 e. The molecule has 0 aliphatic carbocycles. The Bertz CT molecular complexity index is 880. The number of hydrogen-bond acceptors (Lipinski definition) is 3. The van der Waals surface area contributed by atoms with E-state index in [0.717, 1.165) is 36.8 Å². The van der Waals surface area contributed by atoms with E-state index in [0.29, 0.717) is 12.3 Å². The Morgan fingerprint density at radius 3 is 2.72 bits per heavy atom. The zero-order chi connectivity index (χ0) is 19.8. The molecule has 0 fully saturated rings. The van der Waals surface area contributed by atoms with E-state index in [-0.39, 0.29) is 35.9 Å². The predicted molar refractivity (Wildman–Crippen MR) is 125 cm³/mol. The lowest BCUT2D eigenvalue weighted by Crippen LogP contribution is -2.39. The summed E-state index contributed by atoms with van der Waals surface area (Å²) in [5, 5.41) is 6.55. The molecule has 1 atom stereocenters. The molecule has 6 nitrogen and oxygen atoms in total. The van der Waals surface area contributed by atoms with Gasteiger partial charge in [0.1, 0.15) is 23.3 Å². The highest BCUT2D eigenvalue weighted by Gasteiger charge is 2.06. The average Bonchev–Trinajstić information content (AvgIpc) is 3.11. The van der Waals surface area contributed by atoms with Gasteiger partial charge in [0.15, 0.2) is 5.96 Å². The molecule has 0 saturated carbocycles. The largest absolute Gasteiger partial charge is 0.489 e. The van der Waals surface area contributed by atoms with Gasteiger partial charge in [-0.1, -0.05) is 6.07 Å². The van der Waals surface area contributed by atoms with Gasteiger partial charge in [0.05, 0.1) is 12.2 Å². The van der Waals surface area contributed by atoms with Crippen LogP contribution in [-0.2, 0) is 6.42 Å². The first-order chi connectivity index (χ1) is 13.6. The molecule has 2 N–H and O–H groups in total. The van der Waals surface area contributed by atoms with Crippen molar-refractivity contribution in [1.82, 2.24) is 20.0 Å². The van der Waals surface area contributed by atoms with E-state index in [1.54, 1.807) is 12.1 Å². The standard InChI is InChI=1S/C21H26FN5O.HI/c1-3-23-21(25-14-16(2)28-19-9-7-17(22)8-10-19)24-12-11-18-15-27-13-5-4-6-20(27)26-18;/h4-10,13,15-16H,3,11-12,14H2,1-2H3,(H2,23,24,25);1H. The van der Waals surface area contributed by atoms with Gasteiger partial charge in [-0.05, 0) is 50.2 Å². The van der Waals surface area contributed by atoms with Crippen LogP contribution < -0.4 is 15.4 Å². The molecule has 0 radical (unpaired) electrons. The second-order valence-electron chi connectivity index (χ2n) is 6.48. The molecule has 0 amide bonds. The number of nitrogens with zero attached hydrogens (tertiary/aromatic N) is 3. The Morgan fingerprint density at radius 1 is 1.21 bits per heavy atom. The Morgan fingerprint density at radius 2 is 2.00 bits per heavy atom. The van der Waals surface area contributed by atoms with Gasteiger partial charge in [-0.3, -0.25) is 0 Å². The summed E-state index contributed by atoms with van der Waals surface area (Å²) in [4.78, 5) is 9.17. The molecule has 0 bridgehead atoms. The van der Waals surface area contributed by atoms with E-state index in [9.17, 15) is 4.39 Å². The molecule has 156 valence electrons. The minimum atomic E-state index is -0.276. The lowest BCUT2D eigenvalue weighted by molar-refractivity contribution is 0.230. The Labute approximate surface area is 187 Å². The third-order valence-electron chi connectivity index (χ3n) is 4.09. The number of ether oxygens (including phenoxy) is 1. The lowest BCUT2D eigenvalue weighted by atomic mass is 10.3. The first-order valence-corrected chi connectivity index (χ1v) is 9.51. The van der Waals surface area contributed by atoms with E-state index in [1.165, 1.54) is 12.1 Å². The van der Waals surface area contributed by atoms with E-state index in [2.05, 4.69) is 20.6 Å². The fourth-order valence-corrected chi connectivity index (χ4v) is 2.76. The molecule has 1 aromatic carbocycles. The van der Waals surface area contributed by atoms with Gasteiger partial charge in [-0.2, -0.15) is 0 Å². The number of aromatic nitrogens is 2. The number of rotatable bonds is 8. The molecule has 3 aromatic rings. The Hall–Kier alpha value is -2.36. The van der Waals surface area contributed by atoms with Gasteiger partial charge < -0.3 is 19.8 Å². The van der Waals surface area contributed by atoms with E-state index in [4.69, 9.17) is 4.74 Å². The van der Waals surface area contributed by atoms with E-state index < -0.39 is 0 Å². The molecule has 3 rings (SSSR count). The fourth-order valence-electron chi connectivity index (χ4n) is 2.76. The van der Waals surface area contributed by atoms with Crippen LogP contribution in [0.4, 0.5) is 4.39 Å². The molecule has 8 heteroatoms. The Balaban J connectivity index is 0.00000300. The molecule has 0 saturated heterocycles. The van der Waals surface area contributed by atoms with Crippen molar-refractivity contribution >= 4 is 35.6 Å². The van der Waals surface area contributed by atoms with Crippen LogP contribution in [0, 0.1) is 5.82 Å². The molecule has 0 spiro atoms. The highest BCUT2D eigenvalue weighted by molar-refractivity contribution is 14.0. The number of hydrogen-bond donors (Lipinski definition) is 2. The molecule has 2 heterocycles. The quantitative estimate of drug-likeness (QED) is 0.276. The van der Waals surface area contributed by atoms with Gasteiger partial charge in [0.2, 0.25) is 0 Å². The van der Waals surface area contributed by atoms with Crippen LogP contribution >= 0.6 is 24.0 Å². The lowest BCUT2D eigenvalue weighted by Gasteiger charge is -2.15. The number of halogens is 2. The molecular weight excluding hydrogens is 484 g/mol. The number of guanidine groups is 1. The van der Waals surface area contributed by atoms with Crippen LogP contribution in [0.3, 0.4) is 0 Å². The number of pyridine rings is 1. The maximum absolute atomic E-state index is 13.0. The smallest absolute Gasteiger partial charge is 0.191 e. The Kier molecular flexibility index (Phi) is 9.17. The number of fused-ring (bicyclic) bond motifs is 1. The number of nitrogens with one attached hydrogen (secondary N) is 2. The van der Waals surface area contributed by atoms with Crippen molar-refractivity contribution in [3.05, 3.63) is 66.4 Å². The van der Waals surface area contributed by atoms with Crippen molar-refractivity contribution in [2.24, 2.45) is 4.99 Å². The highest BCUT2D eigenvalue weighted by Crippen LogP contribution is 2.13. The normalized spacial score (nSPS) is 12.3. The summed E-state index contributed by atoms with van der Waals surface area (Å²) in [5.41, 5.74) is 1.98. The summed E-state index contributed by atoms with van der Waals surface area (Å²) in [6.07, 6.45) is 4.71. The SMILES string of the molecule is CCNC(=NCC(C)Oc1ccc(F)cc1)NCCc1cn2ccccc2n1.I. The van der Waals surface area contributed by atoms with Gasteiger partial charge in [0, 0.05) is 31.9 Å². The second kappa shape index (κ2) is 11.6. The monoisotopic (exact) mass is 511 g/mol. The zero-order valence-corrected chi connectivity index (χ0v) is 19.0. The van der Waals surface area contributed by atoms with Crippen LogP contribution in [0.15, 0.2) is 59.9 Å². The summed E-state index contributed by atoms with van der Waals surface area (Å²) < 4.78 is 20.7. The molecule has 29 heavy (non-hydrogen) atoms. The van der Waals surface area contributed by atoms with Crippen LogP contribution in [0.5, 0.6) is 5.75 Å². The van der Waals surface area contributed by atoms with Gasteiger partial charge in [0.25, 0.3) is 0 Å². The van der Waals surface area contributed by atoms with Crippen LogP contribution in [0.2, 0.25) is 0 Å². The first kappa shape index (κ1) is 22.9. The molecule has 0 aliphatic rings. The summed E-state index contributed by atoms with van der Waals surface area (Å²) in [6.45, 7) is 5.95. The summed E-state index contributed by atoms with van der Waals surface area (Å²) in [6, 6.07) is 12.0. The van der Waals surface area contributed by atoms with E-state index >= 15 is 0 Å². The third kappa shape index (κ3) is 7.19. The minimum absolute atomic E-state index is 0. The van der Waals surface area contributed by atoms with Crippen LogP contribution in [0.25, 0.3) is 5.65 Å². The topological polar surface area (TPSA) is 63.0 Å². The molecule has 2 aromatic heterocycles. The zero-order valence-electron chi connectivity index (χ0n) is 16.6. The van der Waals surface area contributed by atoms with Crippen LogP contribution in [-0.4, -0.2) is 41.1 Å². The van der Waals surface area contributed by atoms with Gasteiger partial charge in [-0.25, -0.2) is 14.4 Å². The summed E-state index contributed by atoms with van der Waals surface area (Å²) in [7, 11) is 0. The average molecular weight is 511 g/mol. The predicted octanol–water partition coefficient (Wildman–Crippen LogP) is 3.66. The number of aliphatic imine (C=N–C) groups is 1. The van der Waals surface area contributed by atoms with Crippen molar-refractivity contribution < 1.29 is 9.13 Å².